The summed E-state index contributed by atoms with van der Waals surface area (Å²) < 4.78 is 8.44. The highest BCUT2D eigenvalue weighted by molar-refractivity contribution is 6.33. The van der Waals surface area contributed by atoms with Gasteiger partial charge in [0, 0.05) is 61.6 Å². The average molecular weight is 449 g/mol. The van der Waals surface area contributed by atoms with Crippen LogP contribution < -0.4 is 4.74 Å². The van der Waals surface area contributed by atoms with Gasteiger partial charge in [-0.15, -0.1) is 0 Å². The first-order chi connectivity index (χ1) is 15.2. The van der Waals surface area contributed by atoms with Crippen molar-refractivity contribution in [3.05, 3.63) is 71.2 Å². The highest BCUT2D eigenvalue weighted by Crippen LogP contribution is 2.41. The minimum Gasteiger partial charge on any atom is -0.489 e. The molecule has 3 aromatic carbocycles. The molecule has 0 amide bonds. The SMILES string of the molecule is Clc1ccc2[nH]c3c(OCCCn4ccnc4)c4[nH]c5ccc(Cl)cc5c4cc3c2c1. The highest BCUT2D eigenvalue weighted by atomic mass is 35.5. The van der Waals surface area contributed by atoms with E-state index in [0.717, 1.165) is 62.3 Å². The largest absolute Gasteiger partial charge is 0.489 e. The third-order valence-electron chi connectivity index (χ3n) is 5.71. The standard InChI is InChI=1S/C24H18Cl2N4O/c25-14-2-4-20-16(10-14)18-12-19-17-11-15(26)3-5-21(17)29-23(19)24(22(18)28-20)31-9-1-7-30-8-6-27-13-30/h2-6,8,10-13,28-29H,1,7,9H2. The topological polar surface area (TPSA) is 58.6 Å². The molecule has 31 heavy (non-hydrogen) atoms. The van der Waals surface area contributed by atoms with E-state index in [0.29, 0.717) is 16.7 Å². The third kappa shape index (κ3) is 3.12. The van der Waals surface area contributed by atoms with Crippen LogP contribution in [-0.2, 0) is 6.54 Å². The fourth-order valence-electron chi connectivity index (χ4n) is 4.28. The van der Waals surface area contributed by atoms with Gasteiger partial charge in [-0.25, -0.2) is 4.98 Å². The monoisotopic (exact) mass is 448 g/mol. The lowest BCUT2D eigenvalue weighted by atomic mass is 10.1. The molecule has 6 rings (SSSR count). The molecule has 0 aliphatic carbocycles. The van der Waals surface area contributed by atoms with Gasteiger partial charge in [-0.3, -0.25) is 0 Å². The maximum atomic E-state index is 6.39. The molecule has 6 aromatic rings. The Bertz CT molecular complexity index is 1470. The van der Waals surface area contributed by atoms with Crippen LogP contribution in [0.1, 0.15) is 6.42 Å². The summed E-state index contributed by atoms with van der Waals surface area (Å²) >= 11 is 12.6. The maximum absolute atomic E-state index is 6.39. The van der Waals surface area contributed by atoms with E-state index in [-0.39, 0.29) is 0 Å². The highest BCUT2D eigenvalue weighted by Gasteiger charge is 2.18. The molecule has 5 nitrogen and oxygen atoms in total. The van der Waals surface area contributed by atoms with Gasteiger partial charge >= 0.3 is 0 Å². The van der Waals surface area contributed by atoms with Crippen molar-refractivity contribution in [3.63, 3.8) is 0 Å². The molecule has 0 fully saturated rings. The van der Waals surface area contributed by atoms with Crippen LogP contribution in [-0.4, -0.2) is 26.1 Å². The van der Waals surface area contributed by atoms with E-state index in [1.54, 1.807) is 6.20 Å². The summed E-state index contributed by atoms with van der Waals surface area (Å²) in [7, 11) is 0. The number of halogens is 2. The third-order valence-corrected chi connectivity index (χ3v) is 6.18. The Morgan fingerprint density at radius 3 is 2.06 bits per heavy atom. The van der Waals surface area contributed by atoms with Gasteiger partial charge < -0.3 is 19.3 Å². The molecule has 0 spiro atoms. The molecule has 7 heteroatoms. The number of aromatic nitrogens is 4. The summed E-state index contributed by atoms with van der Waals surface area (Å²) in [6.45, 7) is 1.43. The summed E-state index contributed by atoms with van der Waals surface area (Å²) in [5.41, 5.74) is 3.98. The molecule has 2 N–H and O–H groups in total. The molecule has 0 unspecified atom stereocenters. The number of H-pyrrole nitrogens is 2. The van der Waals surface area contributed by atoms with Crippen molar-refractivity contribution in [3.8, 4) is 5.75 Å². The Hall–Kier alpha value is -3.15. The number of hydrogen-bond donors (Lipinski definition) is 2. The van der Waals surface area contributed by atoms with Crippen LogP contribution >= 0.6 is 23.2 Å². The van der Waals surface area contributed by atoms with Crippen LogP contribution in [0.5, 0.6) is 5.75 Å². The summed E-state index contributed by atoms with van der Waals surface area (Å²) in [6, 6.07) is 14.0. The van der Waals surface area contributed by atoms with Gasteiger partial charge in [0.1, 0.15) is 0 Å². The van der Waals surface area contributed by atoms with E-state index in [1.165, 1.54) is 0 Å². The quantitative estimate of drug-likeness (QED) is 0.281. The first-order valence-corrected chi connectivity index (χ1v) is 10.9. The Labute approximate surface area is 187 Å². The van der Waals surface area contributed by atoms with Gasteiger partial charge in [-0.05, 0) is 48.9 Å². The number of nitrogens with zero attached hydrogens (tertiary/aromatic N) is 2. The zero-order chi connectivity index (χ0) is 20.9. The van der Waals surface area contributed by atoms with E-state index in [2.05, 4.69) is 25.6 Å². The van der Waals surface area contributed by atoms with Crippen molar-refractivity contribution in [2.45, 2.75) is 13.0 Å². The van der Waals surface area contributed by atoms with Gasteiger partial charge in [0.15, 0.2) is 5.75 Å². The molecule has 154 valence electrons. The lowest BCUT2D eigenvalue weighted by Crippen LogP contribution is -2.03. The normalized spacial score (nSPS) is 11.9. The fraction of sp³-hybridized carbons (Fsp3) is 0.125. The second-order valence-electron chi connectivity index (χ2n) is 7.68. The number of aryl methyl sites for hydroxylation is 1. The Morgan fingerprint density at radius 1 is 0.839 bits per heavy atom. The molecule has 0 saturated carbocycles. The Morgan fingerprint density at radius 2 is 1.48 bits per heavy atom. The lowest BCUT2D eigenvalue weighted by molar-refractivity contribution is 0.307. The second-order valence-corrected chi connectivity index (χ2v) is 8.56. The zero-order valence-corrected chi connectivity index (χ0v) is 18.0. The molecule has 0 bridgehead atoms. The molecule has 3 heterocycles. The van der Waals surface area contributed by atoms with Crippen LogP contribution in [0.2, 0.25) is 10.0 Å². The number of ether oxygens (including phenoxy) is 1. The van der Waals surface area contributed by atoms with Crippen LogP contribution in [0.15, 0.2) is 61.2 Å². The number of aromatic amines is 2. The minimum atomic E-state index is 0.582. The van der Waals surface area contributed by atoms with E-state index in [1.807, 2.05) is 48.9 Å². The molecule has 0 aliphatic rings. The number of imidazole rings is 1. The number of rotatable bonds is 5. The predicted molar refractivity (Wildman–Crippen MR) is 128 cm³/mol. The van der Waals surface area contributed by atoms with Crippen molar-refractivity contribution < 1.29 is 4.74 Å². The second kappa shape index (κ2) is 7.22. The Kier molecular flexibility index (Phi) is 4.33. The van der Waals surface area contributed by atoms with Gasteiger partial charge in [-0.1, -0.05) is 23.2 Å². The zero-order valence-electron chi connectivity index (χ0n) is 16.5. The van der Waals surface area contributed by atoms with Crippen LogP contribution in [0.25, 0.3) is 43.6 Å². The van der Waals surface area contributed by atoms with E-state index < -0.39 is 0 Å². The average Bonchev–Trinajstić information content (AvgIpc) is 3.48. The molecular weight excluding hydrogens is 431 g/mol. The minimum absolute atomic E-state index is 0.582. The molecule has 0 radical (unpaired) electrons. The van der Waals surface area contributed by atoms with Gasteiger partial charge in [0.05, 0.1) is 24.0 Å². The lowest BCUT2D eigenvalue weighted by Gasteiger charge is -2.10. The number of benzene rings is 3. The molecular formula is C24H18Cl2N4O. The van der Waals surface area contributed by atoms with Crippen LogP contribution in [0.4, 0.5) is 0 Å². The molecule has 0 atom stereocenters. The summed E-state index contributed by atoms with van der Waals surface area (Å²) in [5.74, 6) is 0.817. The number of nitrogens with one attached hydrogen (secondary N) is 2. The van der Waals surface area contributed by atoms with Crippen LogP contribution in [0.3, 0.4) is 0 Å². The molecule has 0 saturated heterocycles. The van der Waals surface area contributed by atoms with Crippen molar-refractivity contribution in [2.75, 3.05) is 6.61 Å². The maximum Gasteiger partial charge on any atom is 0.167 e. The first-order valence-electron chi connectivity index (χ1n) is 10.1. The summed E-state index contributed by atoms with van der Waals surface area (Å²) in [5, 5.41) is 5.72. The Balaban J connectivity index is 1.53. The van der Waals surface area contributed by atoms with Gasteiger partial charge in [0.2, 0.25) is 0 Å². The number of hydrogen-bond acceptors (Lipinski definition) is 2. The predicted octanol–water partition coefficient (Wildman–Crippen LogP) is 6.93. The molecule has 3 aromatic heterocycles. The number of fused-ring (bicyclic) bond motifs is 6. The van der Waals surface area contributed by atoms with E-state index in [4.69, 9.17) is 27.9 Å². The summed E-state index contributed by atoms with van der Waals surface area (Å²) in [4.78, 5) is 11.2. The smallest absolute Gasteiger partial charge is 0.167 e. The van der Waals surface area contributed by atoms with Crippen LogP contribution in [0, 0.1) is 0 Å². The van der Waals surface area contributed by atoms with E-state index in [9.17, 15) is 0 Å². The van der Waals surface area contributed by atoms with Crippen molar-refractivity contribution in [1.82, 2.24) is 19.5 Å². The van der Waals surface area contributed by atoms with Gasteiger partial charge in [0.25, 0.3) is 0 Å². The first kappa shape index (κ1) is 18.6. The summed E-state index contributed by atoms with van der Waals surface area (Å²) in [6.07, 6.45) is 6.44. The van der Waals surface area contributed by atoms with Crippen molar-refractivity contribution in [1.29, 1.82) is 0 Å². The van der Waals surface area contributed by atoms with Crippen molar-refractivity contribution >= 4 is 66.8 Å². The molecule has 0 aliphatic heterocycles. The van der Waals surface area contributed by atoms with E-state index >= 15 is 0 Å². The fourth-order valence-corrected chi connectivity index (χ4v) is 4.63. The van der Waals surface area contributed by atoms with Crippen molar-refractivity contribution in [2.24, 2.45) is 0 Å². The van der Waals surface area contributed by atoms with Gasteiger partial charge in [-0.2, -0.15) is 0 Å².